The van der Waals surface area contributed by atoms with Gasteiger partial charge >= 0.3 is 0 Å². The Morgan fingerprint density at radius 1 is 0.492 bits per heavy atom. The maximum atomic E-state index is 4.45. The molecule has 300 valence electrons. The van der Waals surface area contributed by atoms with Gasteiger partial charge < -0.3 is 9.47 Å². The van der Waals surface area contributed by atoms with Crippen molar-refractivity contribution in [3.63, 3.8) is 0 Å². The first kappa shape index (κ1) is 38.0. The first-order valence-electron chi connectivity index (χ1n) is 21.8. The Hall–Kier alpha value is -7.94. The van der Waals surface area contributed by atoms with Crippen molar-refractivity contribution in [2.45, 2.75) is 11.8 Å². The van der Waals surface area contributed by atoms with E-state index in [0.29, 0.717) is 0 Å². The fraction of sp³-hybridized carbons (Fsp3) is 0.0492. The first-order valence-corrected chi connectivity index (χ1v) is 21.8. The number of hydrogen-bond donors (Lipinski definition) is 0. The fourth-order valence-corrected chi connectivity index (χ4v) is 10.5. The van der Waals surface area contributed by atoms with Crippen LogP contribution in [-0.2, 0) is 5.41 Å². The van der Waals surface area contributed by atoms with Gasteiger partial charge in [0.05, 0.1) is 16.4 Å². The summed E-state index contributed by atoms with van der Waals surface area (Å²) in [4.78, 5) is 2.43. The molecule has 2 heteroatoms. The van der Waals surface area contributed by atoms with Gasteiger partial charge in [-0.3, -0.25) is 0 Å². The average molecular weight is 807 g/mol. The molecule has 9 aromatic rings. The molecule has 1 unspecified atom stereocenters. The van der Waals surface area contributed by atoms with Crippen LogP contribution in [0.3, 0.4) is 0 Å². The number of rotatable bonds is 10. The zero-order valence-electron chi connectivity index (χ0n) is 35.1. The van der Waals surface area contributed by atoms with Gasteiger partial charge in [0.1, 0.15) is 0 Å². The normalized spacial score (nSPS) is 15.5. The second-order valence-corrected chi connectivity index (χ2v) is 16.5. The summed E-state index contributed by atoms with van der Waals surface area (Å²) in [6.07, 6.45) is 9.86. The van der Waals surface area contributed by atoms with Crippen LogP contribution in [0, 0.1) is 5.92 Å². The van der Waals surface area contributed by atoms with E-state index in [0.717, 1.165) is 29.2 Å². The number of benzene rings is 8. The van der Waals surface area contributed by atoms with Crippen molar-refractivity contribution in [3.8, 4) is 27.9 Å². The van der Waals surface area contributed by atoms with Crippen LogP contribution in [0.4, 0.5) is 11.4 Å². The highest BCUT2D eigenvalue weighted by molar-refractivity contribution is 6.10. The van der Waals surface area contributed by atoms with Gasteiger partial charge in [-0.05, 0) is 117 Å². The Labute approximate surface area is 370 Å². The molecule has 2 nitrogen and oxygen atoms in total. The summed E-state index contributed by atoms with van der Waals surface area (Å²) < 4.78 is 2.37. The average Bonchev–Trinajstić information content (AvgIpc) is 3.85. The Balaban J connectivity index is 1.05. The van der Waals surface area contributed by atoms with Crippen LogP contribution in [0.15, 0.2) is 272 Å². The molecule has 1 aromatic heterocycles. The van der Waals surface area contributed by atoms with Gasteiger partial charge in [-0.2, -0.15) is 0 Å². The van der Waals surface area contributed by atoms with Gasteiger partial charge in [-0.25, -0.2) is 0 Å². The fourth-order valence-electron chi connectivity index (χ4n) is 10.5. The lowest BCUT2D eigenvalue weighted by molar-refractivity contribution is 0.648. The highest BCUT2D eigenvalue weighted by Gasteiger charge is 2.51. The number of aromatic nitrogens is 1. The lowest BCUT2D eigenvalue weighted by Crippen LogP contribution is -2.32. The minimum Gasteiger partial charge on any atom is -0.311 e. The molecule has 63 heavy (non-hydrogen) atoms. The largest absolute Gasteiger partial charge is 0.311 e. The maximum absolute atomic E-state index is 4.45. The predicted octanol–water partition coefficient (Wildman–Crippen LogP) is 15.8. The Kier molecular flexibility index (Phi) is 9.55. The molecule has 11 rings (SSSR count). The second-order valence-electron chi connectivity index (χ2n) is 16.5. The molecule has 1 heterocycles. The third-order valence-corrected chi connectivity index (χ3v) is 13.2. The number of para-hydroxylation sites is 2. The second kappa shape index (κ2) is 15.8. The lowest BCUT2D eigenvalue weighted by atomic mass is 9.65. The Morgan fingerprint density at radius 3 is 1.60 bits per heavy atom. The molecule has 0 spiro atoms. The molecule has 0 amide bonds. The third-order valence-electron chi connectivity index (χ3n) is 13.2. The molecule has 0 saturated heterocycles. The van der Waals surface area contributed by atoms with Crippen LogP contribution >= 0.6 is 0 Å². The Morgan fingerprint density at radius 2 is 1.00 bits per heavy atom. The summed E-state index contributed by atoms with van der Waals surface area (Å²) in [6.45, 7) is 8.83. The van der Waals surface area contributed by atoms with Crippen molar-refractivity contribution in [2.24, 2.45) is 5.92 Å². The summed E-state index contributed by atoms with van der Waals surface area (Å²) in [5.74, 6) is 0.159. The molecule has 2 aliphatic carbocycles. The SMILES string of the molecule is C=CC1=C(C=C)C(c2ccccc2)(c2ccccc2)C2=CC(N(c3ccc(-c4ccccc4)cc3)c3ccc(-c4ccc5c(c4)c4ccccc4n5-c4ccccc4)cc3)=CCC21. The highest BCUT2D eigenvalue weighted by Crippen LogP contribution is 2.59. The van der Waals surface area contributed by atoms with E-state index in [1.165, 1.54) is 71.9 Å². The summed E-state index contributed by atoms with van der Waals surface area (Å²) in [5, 5.41) is 2.49. The number of anilines is 2. The smallest absolute Gasteiger partial charge is 0.0674 e. The lowest BCUT2D eigenvalue weighted by Gasteiger charge is -2.39. The van der Waals surface area contributed by atoms with Gasteiger partial charge in [-0.1, -0.05) is 189 Å². The van der Waals surface area contributed by atoms with Crippen molar-refractivity contribution in [1.29, 1.82) is 0 Å². The summed E-state index contributed by atoms with van der Waals surface area (Å²) in [5.41, 5.74) is 17.4. The number of nitrogens with zero attached hydrogens (tertiary/aromatic N) is 2. The van der Waals surface area contributed by atoms with Gasteiger partial charge in [0.25, 0.3) is 0 Å². The van der Waals surface area contributed by atoms with E-state index >= 15 is 0 Å². The van der Waals surface area contributed by atoms with E-state index in [2.05, 4.69) is 259 Å². The molecule has 0 aliphatic heterocycles. The maximum Gasteiger partial charge on any atom is 0.0674 e. The van der Waals surface area contributed by atoms with E-state index in [-0.39, 0.29) is 5.92 Å². The molecule has 0 N–H and O–H groups in total. The molecule has 0 radical (unpaired) electrons. The summed E-state index contributed by atoms with van der Waals surface area (Å²) in [6, 6.07) is 76.9. The molecular formula is C61H46N2. The molecule has 0 bridgehead atoms. The van der Waals surface area contributed by atoms with Crippen LogP contribution in [0.2, 0.25) is 0 Å². The van der Waals surface area contributed by atoms with Crippen molar-refractivity contribution in [2.75, 3.05) is 4.90 Å². The van der Waals surface area contributed by atoms with E-state index < -0.39 is 5.41 Å². The van der Waals surface area contributed by atoms with Crippen LogP contribution in [-0.4, -0.2) is 4.57 Å². The van der Waals surface area contributed by atoms with Crippen molar-refractivity contribution >= 4 is 33.2 Å². The Bertz CT molecular complexity index is 3200. The summed E-state index contributed by atoms with van der Waals surface area (Å²) in [7, 11) is 0. The van der Waals surface area contributed by atoms with E-state index in [9.17, 15) is 0 Å². The predicted molar refractivity (Wildman–Crippen MR) is 266 cm³/mol. The molecule has 2 aliphatic rings. The number of hydrogen-bond acceptors (Lipinski definition) is 1. The number of fused-ring (bicyclic) bond motifs is 4. The molecule has 0 saturated carbocycles. The van der Waals surface area contributed by atoms with Gasteiger partial charge in [0, 0.05) is 39.4 Å². The van der Waals surface area contributed by atoms with E-state index in [4.69, 9.17) is 0 Å². The van der Waals surface area contributed by atoms with Crippen molar-refractivity contribution in [1.82, 2.24) is 4.57 Å². The zero-order chi connectivity index (χ0) is 42.3. The molecule has 8 aromatic carbocycles. The van der Waals surface area contributed by atoms with Crippen LogP contribution in [0.1, 0.15) is 17.5 Å². The number of allylic oxidation sites excluding steroid dienone is 7. The van der Waals surface area contributed by atoms with Crippen molar-refractivity contribution < 1.29 is 0 Å². The van der Waals surface area contributed by atoms with Gasteiger partial charge in [-0.15, -0.1) is 0 Å². The molecular weight excluding hydrogens is 761 g/mol. The minimum absolute atomic E-state index is 0.159. The standard InChI is InChI=1S/C61H46N2/c1-3-53-54-39-38-52(42-58(54)61(57(53)4-2,47-21-11-6-12-22-47)48-23-13-7-14-24-48)62(50-34-29-44(30-35-50)43-19-9-5-10-20-43)51-36-31-45(32-37-51)46-33-40-60-56(41-46)55-27-17-18-28-59(55)63(60)49-25-15-8-16-26-49/h3-38,40-42,54H,1-2,39H2. The summed E-state index contributed by atoms with van der Waals surface area (Å²) >= 11 is 0. The van der Waals surface area contributed by atoms with E-state index in [1.54, 1.807) is 0 Å². The third kappa shape index (κ3) is 6.25. The first-order chi connectivity index (χ1) is 31.2. The quantitative estimate of drug-likeness (QED) is 0.134. The van der Waals surface area contributed by atoms with Gasteiger partial charge in [0.2, 0.25) is 0 Å². The van der Waals surface area contributed by atoms with Crippen molar-refractivity contribution in [3.05, 3.63) is 283 Å². The minimum atomic E-state index is -0.535. The highest BCUT2D eigenvalue weighted by atomic mass is 15.1. The topological polar surface area (TPSA) is 8.17 Å². The van der Waals surface area contributed by atoms with Crippen LogP contribution in [0.5, 0.6) is 0 Å². The molecule has 1 atom stereocenters. The zero-order valence-corrected chi connectivity index (χ0v) is 35.1. The monoisotopic (exact) mass is 806 g/mol. The van der Waals surface area contributed by atoms with Crippen LogP contribution < -0.4 is 4.90 Å². The van der Waals surface area contributed by atoms with E-state index in [1.807, 2.05) is 0 Å². The molecule has 0 fully saturated rings. The van der Waals surface area contributed by atoms with Crippen LogP contribution in [0.25, 0.3) is 49.7 Å². The van der Waals surface area contributed by atoms with Gasteiger partial charge in [0.15, 0.2) is 0 Å².